The van der Waals surface area contributed by atoms with Crippen molar-refractivity contribution in [1.29, 1.82) is 0 Å². The maximum atomic E-state index is 5.57. The molecule has 2 unspecified atom stereocenters. The van der Waals surface area contributed by atoms with E-state index in [0.29, 0.717) is 18.7 Å². The van der Waals surface area contributed by atoms with Gasteiger partial charge in [-0.15, -0.1) is 0 Å². The third-order valence-electron chi connectivity index (χ3n) is 3.50. The van der Waals surface area contributed by atoms with E-state index in [0.717, 1.165) is 30.8 Å². The Hall–Kier alpha value is -1.13. The van der Waals surface area contributed by atoms with Crippen LogP contribution in [0.1, 0.15) is 25.3 Å². The standard InChI is InChI=1S/C13H21N3O/c1-10-7-12(17-2)5-6-16(10)13-4-3-11(8-14)9-15-13/h3-4,9-10,12H,5-8,14H2,1-2H3. The van der Waals surface area contributed by atoms with Crippen molar-refractivity contribution < 1.29 is 4.74 Å². The van der Waals surface area contributed by atoms with Crippen molar-refractivity contribution in [3.63, 3.8) is 0 Å². The number of pyridine rings is 1. The van der Waals surface area contributed by atoms with E-state index in [9.17, 15) is 0 Å². The quantitative estimate of drug-likeness (QED) is 0.863. The van der Waals surface area contributed by atoms with E-state index >= 15 is 0 Å². The molecule has 1 saturated heterocycles. The monoisotopic (exact) mass is 235 g/mol. The summed E-state index contributed by atoms with van der Waals surface area (Å²) < 4.78 is 5.42. The highest BCUT2D eigenvalue weighted by atomic mass is 16.5. The molecule has 0 spiro atoms. The SMILES string of the molecule is COC1CCN(c2ccc(CN)cn2)C(C)C1. The van der Waals surface area contributed by atoms with Crippen molar-refractivity contribution in [3.05, 3.63) is 23.9 Å². The van der Waals surface area contributed by atoms with Gasteiger partial charge in [0.15, 0.2) is 0 Å². The predicted molar refractivity (Wildman–Crippen MR) is 69.0 cm³/mol. The second-order valence-electron chi connectivity index (χ2n) is 4.65. The Balaban J connectivity index is 2.06. The molecule has 2 heterocycles. The van der Waals surface area contributed by atoms with Crippen LogP contribution in [0.4, 0.5) is 5.82 Å². The second kappa shape index (κ2) is 5.47. The minimum Gasteiger partial charge on any atom is -0.381 e. The minimum absolute atomic E-state index is 0.393. The number of ether oxygens (including phenoxy) is 1. The maximum absolute atomic E-state index is 5.57. The van der Waals surface area contributed by atoms with Crippen LogP contribution in [0.3, 0.4) is 0 Å². The number of nitrogens with zero attached hydrogens (tertiary/aromatic N) is 2. The van der Waals surface area contributed by atoms with E-state index in [1.54, 1.807) is 7.11 Å². The number of rotatable bonds is 3. The van der Waals surface area contributed by atoms with Crippen molar-refractivity contribution in [2.75, 3.05) is 18.6 Å². The van der Waals surface area contributed by atoms with Gasteiger partial charge in [-0.25, -0.2) is 4.98 Å². The number of methoxy groups -OCH3 is 1. The fourth-order valence-electron chi connectivity index (χ4n) is 2.39. The van der Waals surface area contributed by atoms with Crippen molar-refractivity contribution in [3.8, 4) is 0 Å². The molecule has 2 atom stereocenters. The van der Waals surface area contributed by atoms with E-state index in [-0.39, 0.29) is 0 Å². The summed E-state index contributed by atoms with van der Waals surface area (Å²) in [5, 5.41) is 0. The van der Waals surface area contributed by atoms with Crippen molar-refractivity contribution in [1.82, 2.24) is 4.98 Å². The van der Waals surface area contributed by atoms with Gasteiger partial charge >= 0.3 is 0 Å². The molecule has 2 rings (SSSR count). The molecule has 0 aliphatic carbocycles. The molecule has 1 aromatic rings. The summed E-state index contributed by atoms with van der Waals surface area (Å²) in [6.07, 6.45) is 4.40. The number of anilines is 1. The van der Waals surface area contributed by atoms with Gasteiger partial charge in [-0.2, -0.15) is 0 Å². The topological polar surface area (TPSA) is 51.4 Å². The predicted octanol–water partition coefficient (Wildman–Crippen LogP) is 1.54. The van der Waals surface area contributed by atoms with Crippen LogP contribution in [0.2, 0.25) is 0 Å². The van der Waals surface area contributed by atoms with Gasteiger partial charge in [0.05, 0.1) is 6.10 Å². The van der Waals surface area contributed by atoms with Crippen LogP contribution < -0.4 is 10.6 Å². The molecule has 1 fully saturated rings. The fraction of sp³-hybridized carbons (Fsp3) is 0.615. The highest BCUT2D eigenvalue weighted by molar-refractivity contribution is 5.41. The van der Waals surface area contributed by atoms with Gasteiger partial charge in [-0.05, 0) is 31.4 Å². The minimum atomic E-state index is 0.393. The summed E-state index contributed by atoms with van der Waals surface area (Å²) in [5.41, 5.74) is 6.65. The number of piperidine rings is 1. The molecule has 0 aromatic carbocycles. The normalized spacial score (nSPS) is 25.0. The first-order valence-electron chi connectivity index (χ1n) is 6.19. The molecule has 0 saturated carbocycles. The molecule has 0 radical (unpaired) electrons. The zero-order valence-corrected chi connectivity index (χ0v) is 10.6. The molecule has 4 heteroatoms. The molecule has 4 nitrogen and oxygen atoms in total. The molecule has 0 bridgehead atoms. The van der Waals surface area contributed by atoms with E-state index in [2.05, 4.69) is 28.9 Å². The number of nitrogens with two attached hydrogens (primary N) is 1. The Labute approximate surface area is 103 Å². The van der Waals surface area contributed by atoms with Crippen LogP contribution in [0.5, 0.6) is 0 Å². The van der Waals surface area contributed by atoms with Crippen molar-refractivity contribution in [2.45, 2.75) is 38.5 Å². The van der Waals surface area contributed by atoms with Crippen molar-refractivity contribution in [2.24, 2.45) is 5.73 Å². The van der Waals surface area contributed by atoms with Gasteiger partial charge in [-0.1, -0.05) is 6.07 Å². The zero-order chi connectivity index (χ0) is 12.3. The Morgan fingerprint density at radius 3 is 2.88 bits per heavy atom. The lowest BCUT2D eigenvalue weighted by Gasteiger charge is -2.38. The van der Waals surface area contributed by atoms with Crippen LogP contribution in [0, 0.1) is 0 Å². The summed E-state index contributed by atoms with van der Waals surface area (Å²) in [6, 6.07) is 4.59. The lowest BCUT2D eigenvalue weighted by molar-refractivity contribution is 0.0719. The third kappa shape index (κ3) is 2.76. The van der Waals surface area contributed by atoms with Gasteiger partial charge in [0.2, 0.25) is 0 Å². The maximum Gasteiger partial charge on any atom is 0.128 e. The zero-order valence-electron chi connectivity index (χ0n) is 10.6. The Morgan fingerprint density at radius 1 is 1.53 bits per heavy atom. The van der Waals surface area contributed by atoms with Crippen LogP contribution in [0.15, 0.2) is 18.3 Å². The Morgan fingerprint density at radius 2 is 2.35 bits per heavy atom. The molecule has 1 aromatic heterocycles. The summed E-state index contributed by atoms with van der Waals surface area (Å²) >= 11 is 0. The number of hydrogen-bond donors (Lipinski definition) is 1. The third-order valence-corrected chi connectivity index (χ3v) is 3.50. The first-order valence-corrected chi connectivity index (χ1v) is 6.19. The van der Waals surface area contributed by atoms with Crippen LogP contribution in [-0.2, 0) is 11.3 Å². The molecule has 0 amide bonds. The van der Waals surface area contributed by atoms with Crippen LogP contribution >= 0.6 is 0 Å². The molecule has 1 aliphatic heterocycles. The average Bonchev–Trinajstić information content (AvgIpc) is 2.39. The lowest BCUT2D eigenvalue weighted by atomic mass is 10.0. The molecule has 94 valence electrons. The van der Waals surface area contributed by atoms with Gasteiger partial charge < -0.3 is 15.4 Å². The second-order valence-corrected chi connectivity index (χ2v) is 4.65. The molecular weight excluding hydrogens is 214 g/mol. The fourth-order valence-corrected chi connectivity index (χ4v) is 2.39. The van der Waals surface area contributed by atoms with Crippen LogP contribution in [-0.4, -0.2) is 30.8 Å². The summed E-state index contributed by atoms with van der Waals surface area (Å²) in [7, 11) is 1.79. The van der Waals surface area contributed by atoms with E-state index in [1.165, 1.54) is 0 Å². The van der Waals surface area contributed by atoms with Gasteiger partial charge in [0.1, 0.15) is 5.82 Å². The summed E-state index contributed by atoms with van der Waals surface area (Å²) in [6.45, 7) is 3.78. The number of aromatic nitrogens is 1. The van der Waals surface area contributed by atoms with E-state index in [1.807, 2.05) is 6.20 Å². The highest BCUT2D eigenvalue weighted by Gasteiger charge is 2.25. The Bertz CT molecular complexity index is 352. The van der Waals surface area contributed by atoms with E-state index in [4.69, 9.17) is 10.5 Å². The van der Waals surface area contributed by atoms with Crippen molar-refractivity contribution >= 4 is 5.82 Å². The lowest BCUT2D eigenvalue weighted by Crippen LogP contribution is -2.43. The van der Waals surface area contributed by atoms with Gasteiger partial charge in [0, 0.05) is 32.4 Å². The number of hydrogen-bond acceptors (Lipinski definition) is 4. The molecule has 17 heavy (non-hydrogen) atoms. The van der Waals surface area contributed by atoms with E-state index < -0.39 is 0 Å². The Kier molecular flexibility index (Phi) is 3.97. The molecule has 1 aliphatic rings. The smallest absolute Gasteiger partial charge is 0.128 e. The van der Waals surface area contributed by atoms with Crippen LogP contribution in [0.25, 0.3) is 0 Å². The summed E-state index contributed by atoms with van der Waals surface area (Å²) in [4.78, 5) is 6.82. The van der Waals surface area contributed by atoms with Gasteiger partial charge in [-0.3, -0.25) is 0 Å². The summed E-state index contributed by atoms with van der Waals surface area (Å²) in [5.74, 6) is 1.05. The first-order chi connectivity index (χ1) is 8.24. The molecule has 2 N–H and O–H groups in total. The largest absolute Gasteiger partial charge is 0.381 e. The van der Waals surface area contributed by atoms with Gasteiger partial charge in [0.25, 0.3) is 0 Å². The highest BCUT2D eigenvalue weighted by Crippen LogP contribution is 2.24. The average molecular weight is 235 g/mol. The first kappa shape index (κ1) is 12.3. The molecular formula is C13H21N3O.